The van der Waals surface area contributed by atoms with Gasteiger partial charge in [0.25, 0.3) is 0 Å². The maximum absolute atomic E-state index is 4.56. The highest BCUT2D eigenvalue weighted by Gasteiger charge is 2.36. The maximum atomic E-state index is 4.56. The van der Waals surface area contributed by atoms with Gasteiger partial charge in [0.2, 0.25) is 0 Å². The maximum Gasteiger partial charge on any atom is 0.0896 e. The first-order valence-corrected chi connectivity index (χ1v) is 6.53. The van der Waals surface area contributed by atoms with Gasteiger partial charge in [-0.3, -0.25) is 0 Å². The summed E-state index contributed by atoms with van der Waals surface area (Å²) in [6.45, 7) is 17.3. The van der Waals surface area contributed by atoms with Crippen molar-refractivity contribution in [2.75, 3.05) is 0 Å². The molecule has 0 aromatic carbocycles. The van der Waals surface area contributed by atoms with Crippen molar-refractivity contribution in [3.8, 4) is 0 Å². The van der Waals surface area contributed by atoms with Gasteiger partial charge in [0.1, 0.15) is 0 Å². The third kappa shape index (κ3) is 6.48. The Morgan fingerprint density at radius 2 is 1.27 bits per heavy atom. The Morgan fingerprint density at radius 1 is 0.867 bits per heavy atom. The first kappa shape index (κ1) is 15.3. The lowest BCUT2D eigenvalue weighted by Crippen LogP contribution is -2.39. The van der Waals surface area contributed by atoms with Gasteiger partial charge in [-0.2, -0.15) is 10.2 Å². The number of halogens is 1. The van der Waals surface area contributed by atoms with Crippen LogP contribution in [0.5, 0.6) is 0 Å². The van der Waals surface area contributed by atoms with Crippen molar-refractivity contribution in [1.82, 2.24) is 0 Å². The van der Waals surface area contributed by atoms with E-state index in [9.17, 15) is 0 Å². The molecule has 0 aliphatic carbocycles. The molecule has 0 amide bonds. The second kappa shape index (κ2) is 4.68. The Morgan fingerprint density at radius 3 is 1.47 bits per heavy atom. The summed E-state index contributed by atoms with van der Waals surface area (Å²) < 4.78 is 0.130. The Labute approximate surface area is 108 Å². The molecule has 0 N–H and O–H groups in total. The summed E-state index contributed by atoms with van der Waals surface area (Å²) in [5.41, 5.74) is 0.0742. The average Bonchev–Trinajstić information content (AvgIpc) is 1.75. The standard InChI is InChI=1S/C12H25IN2/c1-10(2,3)9(12(7,8)13)14-15-11(4,5)6/h9H,1-8H3. The van der Waals surface area contributed by atoms with Crippen molar-refractivity contribution in [2.45, 2.75) is 70.4 Å². The fraction of sp³-hybridized carbons (Fsp3) is 1.00. The zero-order valence-electron chi connectivity index (χ0n) is 11.3. The molecule has 3 heteroatoms. The number of hydrogen-bond acceptors (Lipinski definition) is 2. The molecule has 0 radical (unpaired) electrons. The lowest BCUT2D eigenvalue weighted by atomic mass is 9.81. The molecular formula is C12H25IN2. The van der Waals surface area contributed by atoms with Crippen LogP contribution in [0.15, 0.2) is 10.2 Å². The third-order valence-electron chi connectivity index (χ3n) is 1.94. The van der Waals surface area contributed by atoms with Gasteiger partial charge in [0.15, 0.2) is 0 Å². The third-order valence-corrected chi connectivity index (χ3v) is 2.53. The SMILES string of the molecule is CC(C)(C)N=NC(C(C)(C)C)C(C)(C)I. The molecule has 0 heterocycles. The van der Waals surface area contributed by atoms with Crippen molar-refractivity contribution < 1.29 is 0 Å². The van der Waals surface area contributed by atoms with Crippen molar-refractivity contribution in [3.63, 3.8) is 0 Å². The predicted octanol–water partition coefficient (Wildman–Crippen LogP) is 4.87. The van der Waals surface area contributed by atoms with Gasteiger partial charge in [-0.05, 0) is 40.0 Å². The van der Waals surface area contributed by atoms with Crippen LogP contribution in [0, 0.1) is 5.41 Å². The Bertz CT molecular complexity index is 211. The number of nitrogens with zero attached hydrogens (tertiary/aromatic N) is 2. The van der Waals surface area contributed by atoms with Crippen LogP contribution in [0.25, 0.3) is 0 Å². The molecule has 0 rings (SSSR count). The molecule has 2 nitrogen and oxygen atoms in total. The molecule has 0 saturated heterocycles. The lowest BCUT2D eigenvalue weighted by molar-refractivity contribution is 0.272. The van der Waals surface area contributed by atoms with Crippen molar-refractivity contribution in [3.05, 3.63) is 0 Å². The molecule has 1 unspecified atom stereocenters. The molecule has 0 fully saturated rings. The molecule has 0 spiro atoms. The van der Waals surface area contributed by atoms with Gasteiger partial charge in [-0.25, -0.2) is 0 Å². The van der Waals surface area contributed by atoms with Crippen LogP contribution in [0.3, 0.4) is 0 Å². The number of azo groups is 1. The quantitative estimate of drug-likeness (QED) is 0.393. The number of alkyl halides is 1. The van der Waals surface area contributed by atoms with Gasteiger partial charge < -0.3 is 0 Å². The zero-order chi connectivity index (χ0) is 12.5. The molecule has 90 valence electrons. The monoisotopic (exact) mass is 324 g/mol. The minimum absolute atomic E-state index is 0.0780. The van der Waals surface area contributed by atoms with Crippen molar-refractivity contribution in [1.29, 1.82) is 0 Å². The molecule has 0 aromatic rings. The highest BCUT2D eigenvalue weighted by atomic mass is 127. The molecule has 0 aromatic heterocycles. The fourth-order valence-electron chi connectivity index (χ4n) is 1.57. The van der Waals surface area contributed by atoms with Gasteiger partial charge >= 0.3 is 0 Å². The fourth-order valence-corrected chi connectivity index (χ4v) is 2.63. The van der Waals surface area contributed by atoms with Gasteiger partial charge in [0.05, 0.1) is 11.6 Å². The Kier molecular flexibility index (Phi) is 4.78. The van der Waals surface area contributed by atoms with Crippen LogP contribution in [0.2, 0.25) is 0 Å². The van der Waals surface area contributed by atoms with E-state index in [1.807, 2.05) is 0 Å². The summed E-state index contributed by atoms with van der Waals surface area (Å²) in [5, 5.41) is 8.96. The normalized spacial score (nSPS) is 17.1. The number of hydrogen-bond donors (Lipinski definition) is 0. The molecule has 1 atom stereocenters. The second-order valence-corrected chi connectivity index (χ2v) is 9.50. The summed E-state index contributed by atoms with van der Waals surface area (Å²) in [6.07, 6.45) is 0. The summed E-state index contributed by atoms with van der Waals surface area (Å²) in [4.78, 5) is 0. The van der Waals surface area contributed by atoms with Crippen LogP contribution < -0.4 is 0 Å². The average molecular weight is 324 g/mol. The largest absolute Gasteiger partial charge is 0.188 e. The molecule has 15 heavy (non-hydrogen) atoms. The lowest BCUT2D eigenvalue weighted by Gasteiger charge is -2.35. The van der Waals surface area contributed by atoms with E-state index in [1.54, 1.807) is 0 Å². The highest BCUT2D eigenvalue weighted by Crippen LogP contribution is 2.37. The molecular weight excluding hydrogens is 299 g/mol. The van der Waals surface area contributed by atoms with Crippen LogP contribution >= 0.6 is 22.6 Å². The van der Waals surface area contributed by atoms with Crippen molar-refractivity contribution in [2.24, 2.45) is 15.6 Å². The topological polar surface area (TPSA) is 24.7 Å². The van der Waals surface area contributed by atoms with E-state index >= 15 is 0 Å². The Balaban J connectivity index is 4.94. The summed E-state index contributed by atoms with van der Waals surface area (Å²) >= 11 is 2.46. The number of rotatable bonds is 2. The van der Waals surface area contributed by atoms with Crippen LogP contribution in [-0.4, -0.2) is 15.0 Å². The molecule has 0 bridgehead atoms. The van der Waals surface area contributed by atoms with Gasteiger partial charge in [-0.1, -0.05) is 43.4 Å². The second-order valence-electron chi connectivity index (χ2n) is 6.72. The van der Waals surface area contributed by atoms with E-state index in [0.717, 1.165) is 0 Å². The van der Waals surface area contributed by atoms with E-state index in [0.29, 0.717) is 0 Å². The molecule has 0 saturated carbocycles. The minimum atomic E-state index is -0.0780. The summed E-state index contributed by atoms with van der Waals surface area (Å²) in [7, 11) is 0. The van der Waals surface area contributed by atoms with E-state index in [1.165, 1.54) is 0 Å². The van der Waals surface area contributed by atoms with Crippen LogP contribution in [-0.2, 0) is 0 Å². The van der Waals surface area contributed by atoms with Gasteiger partial charge in [0, 0.05) is 3.42 Å². The zero-order valence-corrected chi connectivity index (χ0v) is 13.5. The van der Waals surface area contributed by atoms with E-state index in [4.69, 9.17) is 0 Å². The molecule has 0 aliphatic heterocycles. The van der Waals surface area contributed by atoms with E-state index in [2.05, 4.69) is 88.2 Å². The van der Waals surface area contributed by atoms with Crippen LogP contribution in [0.4, 0.5) is 0 Å². The molecule has 0 aliphatic rings. The summed E-state index contributed by atoms with van der Waals surface area (Å²) in [5.74, 6) is 0. The van der Waals surface area contributed by atoms with Crippen molar-refractivity contribution >= 4 is 22.6 Å². The van der Waals surface area contributed by atoms with Crippen LogP contribution in [0.1, 0.15) is 55.4 Å². The first-order valence-electron chi connectivity index (χ1n) is 5.45. The van der Waals surface area contributed by atoms with E-state index in [-0.39, 0.29) is 20.4 Å². The smallest absolute Gasteiger partial charge is 0.0896 e. The summed E-state index contributed by atoms with van der Waals surface area (Å²) in [6, 6.07) is 0.241. The van der Waals surface area contributed by atoms with E-state index < -0.39 is 0 Å². The van der Waals surface area contributed by atoms with Gasteiger partial charge in [-0.15, -0.1) is 0 Å². The predicted molar refractivity (Wildman–Crippen MR) is 76.0 cm³/mol. The minimum Gasteiger partial charge on any atom is -0.188 e. The highest BCUT2D eigenvalue weighted by molar-refractivity contribution is 14.1. The first-order chi connectivity index (χ1) is 6.34. The Hall–Kier alpha value is 0.330.